The minimum Gasteiger partial charge on any atom is -0.325 e. The topological polar surface area (TPSA) is 96.0 Å². The first-order valence-corrected chi connectivity index (χ1v) is 7.88. The van der Waals surface area contributed by atoms with Crippen molar-refractivity contribution in [1.82, 2.24) is 20.2 Å². The fourth-order valence-corrected chi connectivity index (χ4v) is 2.95. The second-order valence-electron chi connectivity index (χ2n) is 4.86. The lowest BCUT2D eigenvalue weighted by molar-refractivity contribution is -0.113. The van der Waals surface area contributed by atoms with Crippen molar-refractivity contribution in [2.24, 2.45) is 0 Å². The molecule has 2 heterocycles. The zero-order chi connectivity index (χ0) is 16.4. The quantitative estimate of drug-likeness (QED) is 0.793. The number of carbonyl (C=O) groups excluding carboxylic acids is 2. The predicted molar refractivity (Wildman–Crippen MR) is 87.1 cm³/mol. The monoisotopic (exact) mass is 349 g/mol. The van der Waals surface area contributed by atoms with Crippen molar-refractivity contribution in [3.05, 3.63) is 51.6 Å². The van der Waals surface area contributed by atoms with Gasteiger partial charge in [0.1, 0.15) is 11.7 Å². The number of benzene rings is 1. The van der Waals surface area contributed by atoms with Crippen LogP contribution in [0.2, 0.25) is 5.02 Å². The smallest absolute Gasteiger partial charge is 0.319 e. The molecule has 0 unspecified atom stereocenters. The lowest BCUT2D eigenvalue weighted by atomic mass is 10.00. The summed E-state index contributed by atoms with van der Waals surface area (Å²) in [5.41, 5.74) is 1.92. The number of nitrogens with zero attached hydrogens (tertiary/aromatic N) is 2. The average Bonchev–Trinajstić information content (AvgIpc) is 3.00. The Balaban J connectivity index is 1.92. The molecule has 1 aromatic heterocycles. The van der Waals surface area contributed by atoms with Crippen molar-refractivity contribution in [3.63, 3.8) is 0 Å². The predicted octanol–water partition coefficient (Wildman–Crippen LogP) is 2.46. The molecular weight excluding hydrogens is 338 g/mol. The maximum absolute atomic E-state index is 12.7. The van der Waals surface area contributed by atoms with Crippen LogP contribution in [0.4, 0.5) is 10.5 Å². The van der Waals surface area contributed by atoms with E-state index in [1.165, 1.54) is 0 Å². The highest BCUT2D eigenvalue weighted by Crippen LogP contribution is 2.27. The summed E-state index contributed by atoms with van der Waals surface area (Å²) in [5, 5.41) is 14.2. The van der Waals surface area contributed by atoms with Gasteiger partial charge in [0.2, 0.25) is 0 Å². The van der Waals surface area contributed by atoms with Crippen LogP contribution in [-0.4, -0.2) is 21.5 Å². The Kier molecular flexibility index (Phi) is 4.26. The first-order valence-electron chi connectivity index (χ1n) is 6.67. The molecule has 2 aromatic rings. The van der Waals surface area contributed by atoms with Gasteiger partial charge in [-0.1, -0.05) is 22.2 Å². The number of amides is 3. The molecule has 0 saturated carbocycles. The van der Waals surface area contributed by atoms with Gasteiger partial charge in [-0.25, -0.2) is 4.79 Å². The third-order valence-corrected chi connectivity index (χ3v) is 4.03. The van der Waals surface area contributed by atoms with Crippen LogP contribution >= 0.6 is 23.1 Å². The van der Waals surface area contributed by atoms with Crippen molar-refractivity contribution >= 4 is 40.8 Å². The highest BCUT2D eigenvalue weighted by molar-refractivity contribution is 7.03. The number of hydrogen-bond donors (Lipinski definition) is 3. The number of allylic oxidation sites excluding steroid dienone is 1. The molecular formula is C14H12ClN5O2S. The molecule has 1 aromatic carbocycles. The summed E-state index contributed by atoms with van der Waals surface area (Å²) >= 11 is 7.07. The fraction of sp³-hybridized carbons (Fsp3) is 0.143. The normalized spacial score (nSPS) is 17.5. The molecule has 7 nitrogen and oxygen atoms in total. The molecule has 0 spiro atoms. The lowest BCUT2D eigenvalue weighted by Crippen LogP contribution is -2.46. The number of urea groups is 1. The van der Waals surface area contributed by atoms with Crippen LogP contribution < -0.4 is 16.0 Å². The van der Waals surface area contributed by atoms with Crippen molar-refractivity contribution in [1.29, 1.82) is 0 Å². The minimum atomic E-state index is -0.651. The summed E-state index contributed by atoms with van der Waals surface area (Å²) in [6.45, 7) is 1.67. The second kappa shape index (κ2) is 6.35. The first kappa shape index (κ1) is 15.4. The van der Waals surface area contributed by atoms with E-state index in [9.17, 15) is 9.59 Å². The zero-order valence-electron chi connectivity index (χ0n) is 12.0. The summed E-state index contributed by atoms with van der Waals surface area (Å²) in [6, 6.07) is 5.79. The van der Waals surface area contributed by atoms with Gasteiger partial charge in [-0.3, -0.25) is 4.79 Å². The fourth-order valence-electron chi connectivity index (χ4n) is 2.28. The Morgan fingerprint density at radius 3 is 2.96 bits per heavy atom. The molecule has 9 heteroatoms. The molecule has 3 N–H and O–H groups in total. The van der Waals surface area contributed by atoms with Crippen LogP contribution in [0, 0.1) is 0 Å². The maximum Gasteiger partial charge on any atom is 0.319 e. The van der Waals surface area contributed by atoms with E-state index in [0.717, 1.165) is 11.5 Å². The Bertz CT molecular complexity index is 790. The van der Waals surface area contributed by atoms with Crippen molar-refractivity contribution in [2.45, 2.75) is 13.0 Å². The third-order valence-electron chi connectivity index (χ3n) is 3.27. The summed E-state index contributed by atoms with van der Waals surface area (Å²) in [6.07, 6.45) is 0. The number of carbonyl (C=O) groups is 2. The molecule has 0 radical (unpaired) electrons. The van der Waals surface area contributed by atoms with Crippen molar-refractivity contribution in [3.8, 4) is 0 Å². The largest absolute Gasteiger partial charge is 0.325 e. The zero-order valence-corrected chi connectivity index (χ0v) is 13.5. The van der Waals surface area contributed by atoms with E-state index >= 15 is 0 Å². The number of anilines is 1. The minimum absolute atomic E-state index is 0.352. The number of halogens is 1. The van der Waals surface area contributed by atoms with E-state index in [0.29, 0.717) is 27.7 Å². The Morgan fingerprint density at radius 2 is 2.26 bits per heavy atom. The van der Waals surface area contributed by atoms with Crippen molar-refractivity contribution < 1.29 is 9.59 Å². The second-order valence-corrected chi connectivity index (χ2v) is 5.91. The third kappa shape index (κ3) is 3.33. The molecule has 3 rings (SSSR count). The van der Waals surface area contributed by atoms with Gasteiger partial charge in [0.15, 0.2) is 0 Å². The van der Waals surface area contributed by atoms with Crippen LogP contribution in [0.3, 0.4) is 0 Å². The highest BCUT2D eigenvalue weighted by atomic mass is 35.5. The molecule has 1 aliphatic heterocycles. The van der Waals surface area contributed by atoms with Crippen LogP contribution in [0.15, 0.2) is 40.9 Å². The lowest BCUT2D eigenvalue weighted by Gasteiger charge is -2.26. The van der Waals surface area contributed by atoms with E-state index in [-0.39, 0.29) is 11.9 Å². The molecule has 0 bridgehead atoms. The number of nitrogens with one attached hydrogen (secondary N) is 3. The summed E-state index contributed by atoms with van der Waals surface area (Å²) in [7, 11) is 0. The SMILES string of the molecule is CC1=C(C(=O)Nc2cccc(Cl)c2)[C@H](c2csnn2)NC(=O)N1. The molecule has 1 aliphatic rings. The molecule has 23 heavy (non-hydrogen) atoms. The molecule has 0 saturated heterocycles. The molecule has 0 fully saturated rings. The van der Waals surface area contributed by atoms with E-state index in [1.807, 2.05) is 0 Å². The summed E-state index contributed by atoms with van der Waals surface area (Å²) in [4.78, 5) is 24.4. The van der Waals surface area contributed by atoms with Crippen LogP contribution in [0.5, 0.6) is 0 Å². The standard InChI is InChI=1S/C14H12ClN5O2S/c1-7-11(13(21)17-9-4-2-3-8(15)5-9)12(18-14(22)16-7)10-6-23-20-19-10/h2-6,12H,1H3,(H,17,21)(H2,16,18,22)/t12-/m0/s1. The van der Waals surface area contributed by atoms with Gasteiger partial charge in [0.05, 0.1) is 5.57 Å². The summed E-state index contributed by atoms with van der Waals surface area (Å²) in [5.74, 6) is -0.352. The van der Waals surface area contributed by atoms with Gasteiger partial charge in [-0.2, -0.15) is 0 Å². The molecule has 3 amide bonds. The van der Waals surface area contributed by atoms with Crippen LogP contribution in [-0.2, 0) is 4.79 Å². The van der Waals surface area contributed by atoms with Gasteiger partial charge in [-0.05, 0) is 36.7 Å². The van der Waals surface area contributed by atoms with Gasteiger partial charge in [0.25, 0.3) is 5.91 Å². The Labute approximate surface area is 140 Å². The summed E-state index contributed by atoms with van der Waals surface area (Å²) < 4.78 is 3.79. The van der Waals surface area contributed by atoms with Gasteiger partial charge < -0.3 is 16.0 Å². The first-order chi connectivity index (χ1) is 11.0. The van der Waals surface area contributed by atoms with E-state index < -0.39 is 6.04 Å². The van der Waals surface area contributed by atoms with Gasteiger partial charge in [0, 0.05) is 21.8 Å². The molecule has 0 aliphatic carbocycles. The van der Waals surface area contributed by atoms with Gasteiger partial charge in [-0.15, -0.1) is 5.10 Å². The maximum atomic E-state index is 12.7. The number of aromatic nitrogens is 2. The Morgan fingerprint density at radius 1 is 1.43 bits per heavy atom. The number of hydrogen-bond acceptors (Lipinski definition) is 5. The van der Waals surface area contributed by atoms with E-state index in [1.54, 1.807) is 36.6 Å². The van der Waals surface area contributed by atoms with Crippen LogP contribution in [0.25, 0.3) is 0 Å². The van der Waals surface area contributed by atoms with E-state index in [4.69, 9.17) is 11.6 Å². The number of rotatable bonds is 3. The van der Waals surface area contributed by atoms with Crippen molar-refractivity contribution in [2.75, 3.05) is 5.32 Å². The van der Waals surface area contributed by atoms with E-state index in [2.05, 4.69) is 25.5 Å². The molecule has 1 atom stereocenters. The Hall–Kier alpha value is -2.45. The van der Waals surface area contributed by atoms with Gasteiger partial charge >= 0.3 is 6.03 Å². The highest BCUT2D eigenvalue weighted by Gasteiger charge is 2.32. The molecule has 118 valence electrons. The van der Waals surface area contributed by atoms with Crippen LogP contribution in [0.1, 0.15) is 18.7 Å². The average molecular weight is 350 g/mol.